The lowest BCUT2D eigenvalue weighted by atomic mass is 9.99. The number of nitrogen functional groups attached to an aromatic ring is 1. The molecule has 2 aromatic heterocycles. The summed E-state index contributed by atoms with van der Waals surface area (Å²) in [4.78, 5) is 38.6. The molecule has 2 aromatic rings. The van der Waals surface area contributed by atoms with Gasteiger partial charge in [-0.05, 0) is 0 Å². The summed E-state index contributed by atoms with van der Waals surface area (Å²) in [6, 6.07) is 0. The first kappa shape index (κ1) is 19.8. The van der Waals surface area contributed by atoms with Gasteiger partial charge in [-0.25, -0.2) is 24.1 Å². The molecular formula is C11H15N5O10P2. The number of aliphatic hydroxyl groups is 1. The Morgan fingerprint density at radius 1 is 1.32 bits per heavy atom. The third-order valence-corrected chi connectivity index (χ3v) is 6.51. The summed E-state index contributed by atoms with van der Waals surface area (Å²) in [6.07, 6.45) is -0.782. The molecule has 28 heavy (non-hydrogen) atoms. The Kier molecular flexibility index (Phi) is 4.60. The fourth-order valence-corrected chi connectivity index (χ4v) is 4.59. The van der Waals surface area contributed by atoms with Gasteiger partial charge in [0.05, 0.1) is 19.5 Å². The van der Waals surface area contributed by atoms with Crippen LogP contribution in [0.15, 0.2) is 12.7 Å². The maximum Gasteiger partial charge on any atom is 0.481 e. The van der Waals surface area contributed by atoms with E-state index >= 15 is 0 Å². The maximum absolute atomic E-state index is 11.6. The molecule has 0 bridgehead atoms. The Hall–Kier alpha value is -1.51. The summed E-state index contributed by atoms with van der Waals surface area (Å²) in [6.45, 7) is -0.581. The van der Waals surface area contributed by atoms with Crippen LogP contribution in [0.4, 0.5) is 5.82 Å². The molecule has 0 amide bonds. The molecule has 15 nitrogen and oxygen atoms in total. The van der Waals surface area contributed by atoms with Gasteiger partial charge in [-0.1, -0.05) is 0 Å². The number of phosphoric acid groups is 2. The van der Waals surface area contributed by atoms with Crippen LogP contribution in [0.1, 0.15) is 6.23 Å². The average molecular weight is 439 g/mol. The van der Waals surface area contributed by atoms with Crippen LogP contribution in [-0.2, 0) is 27.4 Å². The number of anilines is 1. The van der Waals surface area contributed by atoms with Crippen LogP contribution in [0.2, 0.25) is 0 Å². The van der Waals surface area contributed by atoms with Crippen molar-refractivity contribution in [3.63, 3.8) is 0 Å². The van der Waals surface area contributed by atoms with Gasteiger partial charge in [0.15, 0.2) is 23.3 Å². The number of aliphatic hydroxyl groups excluding tert-OH is 1. The lowest BCUT2D eigenvalue weighted by Crippen LogP contribution is -2.37. The molecule has 1 unspecified atom stereocenters. The highest BCUT2D eigenvalue weighted by atomic mass is 31.3. The van der Waals surface area contributed by atoms with E-state index in [0.29, 0.717) is 5.52 Å². The minimum atomic E-state index is -5.26. The van der Waals surface area contributed by atoms with Crippen molar-refractivity contribution in [2.24, 2.45) is 0 Å². The number of hydrogen-bond acceptors (Lipinski definition) is 11. The molecule has 154 valence electrons. The fraction of sp³-hybridized carbons (Fsp3) is 0.545. The van der Waals surface area contributed by atoms with E-state index in [1.807, 2.05) is 0 Å². The summed E-state index contributed by atoms with van der Waals surface area (Å²) >= 11 is 0. The van der Waals surface area contributed by atoms with Gasteiger partial charge in [0.1, 0.15) is 24.1 Å². The molecule has 5 atom stereocenters. The topological polar surface area (TPSA) is 225 Å². The predicted octanol–water partition coefficient (Wildman–Crippen LogP) is -1.34. The van der Waals surface area contributed by atoms with Gasteiger partial charge in [0, 0.05) is 0 Å². The van der Waals surface area contributed by atoms with Crippen LogP contribution in [0.5, 0.6) is 0 Å². The fourth-order valence-electron chi connectivity index (χ4n) is 3.00. The van der Waals surface area contributed by atoms with Crippen LogP contribution >= 0.6 is 15.6 Å². The third-order valence-electron chi connectivity index (χ3n) is 4.36. The number of phosphoric ester groups is 1. The highest BCUT2D eigenvalue weighted by Crippen LogP contribution is 2.58. The normalized spacial score (nSPS) is 32.1. The summed E-state index contributed by atoms with van der Waals surface area (Å²) in [5.41, 5.74) is 5.07. The number of ether oxygens (including phenoxy) is 2. The Balaban J connectivity index is 1.55. The van der Waals surface area contributed by atoms with Gasteiger partial charge >= 0.3 is 15.6 Å². The maximum atomic E-state index is 11.6. The van der Waals surface area contributed by atoms with Crippen LogP contribution < -0.4 is 5.73 Å². The van der Waals surface area contributed by atoms with Gasteiger partial charge in [0.2, 0.25) is 0 Å². The van der Waals surface area contributed by atoms with E-state index in [1.165, 1.54) is 17.2 Å². The van der Waals surface area contributed by atoms with Crippen molar-refractivity contribution in [2.75, 3.05) is 18.9 Å². The lowest BCUT2D eigenvalue weighted by Gasteiger charge is -2.18. The van der Waals surface area contributed by atoms with Gasteiger partial charge in [-0.3, -0.25) is 9.09 Å². The molecule has 4 heterocycles. The minimum Gasteiger partial charge on any atom is -0.385 e. The molecule has 0 aromatic carbocycles. The monoisotopic (exact) mass is 439 g/mol. The van der Waals surface area contributed by atoms with Crippen LogP contribution in [0.3, 0.4) is 0 Å². The Morgan fingerprint density at radius 3 is 2.68 bits per heavy atom. The Morgan fingerprint density at radius 2 is 2.04 bits per heavy atom. The van der Waals surface area contributed by atoms with Crippen molar-refractivity contribution < 1.29 is 47.2 Å². The first-order valence-electron chi connectivity index (χ1n) is 7.67. The second-order valence-electron chi connectivity index (χ2n) is 6.12. The van der Waals surface area contributed by atoms with Crippen molar-refractivity contribution in [1.82, 2.24) is 19.5 Å². The largest absolute Gasteiger partial charge is 0.481 e. The van der Waals surface area contributed by atoms with Crippen molar-refractivity contribution in [2.45, 2.75) is 24.0 Å². The quantitative estimate of drug-likeness (QED) is 0.259. The average Bonchev–Trinajstić information content (AvgIpc) is 3.18. The first-order valence-corrected chi connectivity index (χ1v) is 10.7. The number of epoxide rings is 1. The molecule has 0 aliphatic carbocycles. The Labute approximate surface area is 155 Å². The van der Waals surface area contributed by atoms with Crippen LogP contribution in [0.25, 0.3) is 11.2 Å². The molecule has 2 aliphatic heterocycles. The highest BCUT2D eigenvalue weighted by Gasteiger charge is 2.66. The third kappa shape index (κ3) is 3.46. The minimum absolute atomic E-state index is 0.0670. The van der Waals surface area contributed by atoms with E-state index < -0.39 is 46.3 Å². The molecular weight excluding hydrogens is 424 g/mol. The molecule has 0 radical (unpaired) electrons. The Bertz CT molecular complexity index is 1000. The molecule has 2 saturated heterocycles. The van der Waals surface area contributed by atoms with Crippen molar-refractivity contribution in [3.8, 4) is 0 Å². The van der Waals surface area contributed by atoms with Crippen molar-refractivity contribution >= 4 is 32.6 Å². The second kappa shape index (κ2) is 6.50. The van der Waals surface area contributed by atoms with Crippen LogP contribution in [0, 0.1) is 0 Å². The van der Waals surface area contributed by atoms with Gasteiger partial charge in [-0.2, -0.15) is 4.31 Å². The zero-order chi connectivity index (χ0) is 20.3. The molecule has 6 N–H and O–H groups in total. The first-order chi connectivity index (χ1) is 13.0. The second-order valence-corrected chi connectivity index (χ2v) is 8.95. The predicted molar refractivity (Wildman–Crippen MR) is 87.2 cm³/mol. The number of nitrogens with zero attached hydrogens (tertiary/aromatic N) is 4. The van der Waals surface area contributed by atoms with Gasteiger partial charge < -0.3 is 35.0 Å². The van der Waals surface area contributed by atoms with Gasteiger partial charge in [-0.15, -0.1) is 0 Å². The van der Waals surface area contributed by atoms with E-state index in [1.54, 1.807) is 0 Å². The van der Waals surface area contributed by atoms with Crippen LogP contribution in [-0.4, -0.2) is 70.3 Å². The van der Waals surface area contributed by atoms with Crippen molar-refractivity contribution in [3.05, 3.63) is 12.7 Å². The molecule has 2 aliphatic rings. The van der Waals surface area contributed by atoms with E-state index in [9.17, 15) is 19.1 Å². The summed E-state index contributed by atoms with van der Waals surface area (Å²) < 4.78 is 43.1. The zero-order valence-electron chi connectivity index (χ0n) is 13.8. The van der Waals surface area contributed by atoms with Crippen molar-refractivity contribution in [1.29, 1.82) is 0 Å². The molecule has 4 rings (SSSR count). The van der Waals surface area contributed by atoms with E-state index in [4.69, 9.17) is 25.0 Å². The number of aromatic nitrogens is 4. The van der Waals surface area contributed by atoms with E-state index in [-0.39, 0.29) is 18.1 Å². The zero-order valence-corrected chi connectivity index (χ0v) is 15.6. The number of imidazole rings is 1. The van der Waals surface area contributed by atoms with E-state index in [0.717, 1.165) is 0 Å². The molecule has 2 fully saturated rings. The molecule has 0 saturated carbocycles. The number of nitrogens with two attached hydrogens (primary N) is 1. The summed E-state index contributed by atoms with van der Waals surface area (Å²) in [5.74, 6) is 0.129. The number of fused-ring (bicyclic) bond motifs is 1. The SMILES string of the molecule is Nc1ncnc2c1ncn2[C@@H]1O[C@H](COP(=O)(O)OP(=O)(O)O)[C@]2(CO2)[C@H]1O. The van der Waals surface area contributed by atoms with Gasteiger partial charge in [0.25, 0.3) is 0 Å². The molecule has 1 spiro atoms. The summed E-state index contributed by atoms with van der Waals surface area (Å²) in [5, 5.41) is 10.6. The smallest absolute Gasteiger partial charge is 0.385 e. The highest BCUT2D eigenvalue weighted by molar-refractivity contribution is 7.60. The summed E-state index contributed by atoms with van der Waals surface area (Å²) in [7, 11) is -10.3. The lowest BCUT2D eigenvalue weighted by molar-refractivity contribution is -0.0489. The molecule has 17 heteroatoms. The number of hydrogen-bond donors (Lipinski definition) is 5. The number of rotatable bonds is 6. The standard InChI is InChI=1S/C11H15N5O10P2/c12-8-6-9(14-3-13-8)16(4-15-6)10-7(17)11(2-23-11)5(25-10)1-24-28(21,22)26-27(18,19)20/h3-5,7,10,17H,1-2H2,(H,21,22)(H2,12,13,14)(H2,18,19,20)/t5-,7+,10-,11-/m1/s1. The van der Waals surface area contributed by atoms with E-state index in [2.05, 4.69) is 23.8 Å².